The van der Waals surface area contributed by atoms with Crippen LogP contribution in [0.3, 0.4) is 0 Å². The van der Waals surface area contributed by atoms with Crippen molar-refractivity contribution in [2.24, 2.45) is 0 Å². The smallest absolute Gasteiger partial charge is 0.344 e. The van der Waals surface area contributed by atoms with Crippen molar-refractivity contribution in [2.45, 2.75) is 45.8 Å². The lowest BCUT2D eigenvalue weighted by Crippen LogP contribution is -2.36. The quantitative estimate of drug-likeness (QED) is 0.757. The number of nitrogens with one attached hydrogen (secondary N) is 1. The van der Waals surface area contributed by atoms with Gasteiger partial charge in [-0.2, -0.15) is 0 Å². The van der Waals surface area contributed by atoms with Crippen LogP contribution < -0.4 is 10.1 Å². The number of carbonyl (C=O) groups is 2. The number of benzene rings is 2. The summed E-state index contributed by atoms with van der Waals surface area (Å²) in [5.41, 5.74) is 2.22. The number of hydrogen-bond donors (Lipinski definition) is 1. The van der Waals surface area contributed by atoms with Crippen LogP contribution >= 0.6 is 0 Å². The molecule has 0 aliphatic heterocycles. The van der Waals surface area contributed by atoms with Crippen molar-refractivity contribution < 1.29 is 19.1 Å². The van der Waals surface area contributed by atoms with Crippen molar-refractivity contribution >= 4 is 11.9 Å². The van der Waals surface area contributed by atoms with E-state index in [4.69, 9.17) is 9.47 Å². The van der Waals surface area contributed by atoms with Gasteiger partial charge in [0.25, 0.3) is 5.91 Å². The van der Waals surface area contributed by atoms with Gasteiger partial charge in [-0.25, -0.2) is 4.79 Å². The molecule has 1 amide bonds. The third-order valence-electron chi connectivity index (χ3n) is 4.06. The summed E-state index contributed by atoms with van der Waals surface area (Å²) < 4.78 is 10.6. The number of rotatable bonds is 7. The zero-order valence-electron chi connectivity index (χ0n) is 16.3. The van der Waals surface area contributed by atoms with E-state index >= 15 is 0 Å². The Labute approximate surface area is 160 Å². The molecule has 0 saturated carbocycles. The van der Waals surface area contributed by atoms with Crippen LogP contribution in [0.2, 0.25) is 0 Å². The zero-order chi connectivity index (χ0) is 19.9. The van der Waals surface area contributed by atoms with Gasteiger partial charge < -0.3 is 14.8 Å². The summed E-state index contributed by atoms with van der Waals surface area (Å²) in [7, 11) is 0. The fraction of sp³-hybridized carbons (Fsp3) is 0.364. The van der Waals surface area contributed by atoms with Gasteiger partial charge in [0.15, 0.2) is 12.7 Å². The maximum atomic E-state index is 12.0. The average molecular weight is 369 g/mol. The molecule has 2 rings (SSSR count). The molecule has 2 aromatic rings. The normalized spacial score (nSPS) is 12.1. The summed E-state index contributed by atoms with van der Waals surface area (Å²) in [5, 5.41) is 2.74. The first-order valence-corrected chi connectivity index (χ1v) is 9.00. The van der Waals surface area contributed by atoms with Gasteiger partial charge in [-0.15, -0.1) is 0 Å². The Morgan fingerprint density at radius 3 is 2.22 bits per heavy atom. The van der Waals surface area contributed by atoms with Gasteiger partial charge in [-0.05, 0) is 35.6 Å². The Morgan fingerprint density at radius 1 is 1.00 bits per heavy atom. The molecular weight excluding hydrogens is 342 g/mol. The first kappa shape index (κ1) is 20.5. The molecule has 1 N–H and O–H groups in total. The van der Waals surface area contributed by atoms with E-state index in [1.807, 2.05) is 54.6 Å². The summed E-state index contributed by atoms with van der Waals surface area (Å²) in [6, 6.07) is 17.1. The molecular formula is C22H27NO4. The number of ether oxygens (including phenoxy) is 2. The van der Waals surface area contributed by atoms with Crippen molar-refractivity contribution in [1.29, 1.82) is 0 Å². The predicted molar refractivity (Wildman–Crippen MR) is 104 cm³/mol. The lowest BCUT2D eigenvalue weighted by molar-refractivity contribution is -0.156. The largest absolute Gasteiger partial charge is 0.482 e. The van der Waals surface area contributed by atoms with Crippen LogP contribution in [0.1, 0.15) is 38.8 Å². The molecule has 1 atom stereocenters. The summed E-state index contributed by atoms with van der Waals surface area (Å²) in [5.74, 6) is -0.347. The van der Waals surface area contributed by atoms with Gasteiger partial charge in [0.1, 0.15) is 5.75 Å². The van der Waals surface area contributed by atoms with Crippen LogP contribution in [0.5, 0.6) is 5.75 Å². The maximum absolute atomic E-state index is 12.0. The minimum atomic E-state index is -0.881. The minimum absolute atomic E-state index is 0.0556. The molecule has 0 fully saturated rings. The van der Waals surface area contributed by atoms with Gasteiger partial charge in [0, 0.05) is 6.54 Å². The number of carbonyl (C=O) groups excluding carboxylic acids is 2. The van der Waals surface area contributed by atoms with Gasteiger partial charge in [0.05, 0.1) is 0 Å². The van der Waals surface area contributed by atoms with Gasteiger partial charge >= 0.3 is 5.97 Å². The monoisotopic (exact) mass is 369 g/mol. The van der Waals surface area contributed by atoms with Crippen LogP contribution in [0, 0.1) is 0 Å². The Balaban J connectivity index is 1.75. The topological polar surface area (TPSA) is 64.6 Å². The average Bonchev–Trinajstić information content (AvgIpc) is 2.65. The van der Waals surface area contributed by atoms with Crippen LogP contribution in [0.4, 0.5) is 0 Å². The Hall–Kier alpha value is -2.82. The second kappa shape index (κ2) is 9.21. The van der Waals surface area contributed by atoms with E-state index in [2.05, 4.69) is 26.1 Å². The van der Waals surface area contributed by atoms with Gasteiger partial charge in [-0.3, -0.25) is 4.79 Å². The van der Waals surface area contributed by atoms with Crippen molar-refractivity contribution in [2.75, 3.05) is 6.61 Å². The lowest BCUT2D eigenvalue weighted by Gasteiger charge is -2.19. The summed E-state index contributed by atoms with van der Waals surface area (Å²) in [6.07, 6.45) is -0.881. The van der Waals surface area contributed by atoms with Crippen LogP contribution in [0.15, 0.2) is 54.6 Å². The highest BCUT2D eigenvalue weighted by atomic mass is 16.6. The van der Waals surface area contributed by atoms with E-state index in [0.717, 1.165) is 5.56 Å². The molecule has 27 heavy (non-hydrogen) atoms. The number of hydrogen-bond acceptors (Lipinski definition) is 4. The van der Waals surface area contributed by atoms with Gasteiger partial charge in [0.2, 0.25) is 0 Å². The minimum Gasteiger partial charge on any atom is -0.482 e. The lowest BCUT2D eigenvalue weighted by atomic mass is 9.87. The highest BCUT2D eigenvalue weighted by molar-refractivity contribution is 5.83. The standard InChI is InChI=1S/C22H27NO4/c1-16(21(25)23-14-17-8-6-5-7-9-17)27-20(24)15-26-19-12-10-18(11-13-19)22(2,3)4/h5-13,16H,14-15H2,1-4H3,(H,23,25). The van der Waals surface area contributed by atoms with E-state index in [1.165, 1.54) is 12.5 Å². The van der Waals surface area contributed by atoms with Crippen LogP contribution in [-0.2, 0) is 26.3 Å². The third-order valence-corrected chi connectivity index (χ3v) is 4.06. The van der Waals surface area contributed by atoms with E-state index in [9.17, 15) is 9.59 Å². The fourth-order valence-corrected chi connectivity index (χ4v) is 2.41. The molecule has 0 saturated heterocycles. The van der Waals surface area contributed by atoms with Gasteiger partial charge in [-0.1, -0.05) is 63.2 Å². The predicted octanol–water partition coefficient (Wildman–Crippen LogP) is 3.61. The maximum Gasteiger partial charge on any atom is 0.344 e. The van der Waals surface area contributed by atoms with E-state index in [0.29, 0.717) is 12.3 Å². The van der Waals surface area contributed by atoms with Crippen molar-refractivity contribution in [1.82, 2.24) is 5.32 Å². The van der Waals surface area contributed by atoms with Crippen LogP contribution in [0.25, 0.3) is 0 Å². The highest BCUT2D eigenvalue weighted by Crippen LogP contribution is 2.24. The Bertz CT molecular complexity index is 748. The molecule has 5 nitrogen and oxygen atoms in total. The first-order chi connectivity index (χ1) is 12.8. The molecule has 0 aliphatic carbocycles. The molecule has 5 heteroatoms. The highest BCUT2D eigenvalue weighted by Gasteiger charge is 2.18. The molecule has 0 heterocycles. The van der Waals surface area contributed by atoms with Crippen molar-refractivity contribution in [3.63, 3.8) is 0 Å². The van der Waals surface area contributed by atoms with Crippen molar-refractivity contribution in [3.8, 4) is 5.75 Å². The molecule has 0 bridgehead atoms. The molecule has 144 valence electrons. The molecule has 1 unspecified atom stereocenters. The third kappa shape index (κ3) is 6.77. The Kier molecular flexibility index (Phi) is 6.99. The molecule has 0 aromatic heterocycles. The number of esters is 1. The van der Waals surface area contributed by atoms with E-state index in [-0.39, 0.29) is 17.9 Å². The zero-order valence-corrected chi connectivity index (χ0v) is 16.3. The van der Waals surface area contributed by atoms with E-state index in [1.54, 1.807) is 0 Å². The van der Waals surface area contributed by atoms with E-state index < -0.39 is 12.1 Å². The molecule has 0 spiro atoms. The number of amides is 1. The molecule has 0 radical (unpaired) electrons. The SMILES string of the molecule is CC(OC(=O)COc1ccc(C(C)(C)C)cc1)C(=O)NCc1ccccc1. The molecule has 2 aromatic carbocycles. The second-order valence-corrected chi connectivity index (χ2v) is 7.40. The summed E-state index contributed by atoms with van der Waals surface area (Å²) >= 11 is 0. The first-order valence-electron chi connectivity index (χ1n) is 9.00. The molecule has 0 aliphatic rings. The van der Waals surface area contributed by atoms with Crippen LogP contribution in [-0.4, -0.2) is 24.6 Å². The fourth-order valence-electron chi connectivity index (χ4n) is 2.41. The summed E-state index contributed by atoms with van der Waals surface area (Å²) in [6.45, 7) is 8.07. The Morgan fingerprint density at radius 2 is 1.63 bits per heavy atom. The second-order valence-electron chi connectivity index (χ2n) is 7.40. The summed E-state index contributed by atoms with van der Waals surface area (Å²) in [4.78, 5) is 23.9. The van der Waals surface area contributed by atoms with Crippen molar-refractivity contribution in [3.05, 3.63) is 65.7 Å².